The van der Waals surface area contributed by atoms with Crippen LogP contribution in [0.25, 0.3) is 0 Å². The van der Waals surface area contributed by atoms with Crippen LogP contribution in [0.1, 0.15) is 5.56 Å². The third-order valence-electron chi connectivity index (χ3n) is 6.86. The third-order valence-corrected chi connectivity index (χ3v) is 6.86. The number of carboxylic acids is 3. The first-order chi connectivity index (χ1) is 20.7. The fourth-order valence-electron chi connectivity index (χ4n) is 4.65. The Morgan fingerprint density at radius 2 is 1.21 bits per heavy atom. The van der Waals surface area contributed by atoms with Crippen LogP contribution >= 0.6 is 0 Å². The van der Waals surface area contributed by atoms with Gasteiger partial charge in [0.1, 0.15) is 6.04 Å². The van der Waals surface area contributed by atoms with E-state index in [4.69, 9.17) is 14.6 Å². The molecule has 1 aliphatic heterocycles. The molecule has 2 rings (SSSR count). The summed E-state index contributed by atoms with van der Waals surface area (Å²) in [7, 11) is 0. The highest BCUT2D eigenvalue weighted by Gasteiger charge is 2.28. The summed E-state index contributed by atoms with van der Waals surface area (Å²) in [5.74, 6) is -3.41. The number of rotatable bonds is 17. The number of amides is 1. The van der Waals surface area contributed by atoms with E-state index in [1.807, 2.05) is 35.2 Å². The van der Waals surface area contributed by atoms with Crippen molar-refractivity contribution in [2.45, 2.75) is 12.6 Å². The number of aliphatic carboxylic acids is 3. The molecule has 1 aliphatic rings. The van der Waals surface area contributed by atoms with Crippen molar-refractivity contribution in [3.05, 3.63) is 35.9 Å². The molecule has 5 N–H and O–H groups in total. The molecule has 0 aromatic heterocycles. The van der Waals surface area contributed by atoms with Gasteiger partial charge in [0.05, 0.1) is 52.7 Å². The number of ether oxygens (including phenoxy) is 2. The van der Waals surface area contributed by atoms with Crippen molar-refractivity contribution in [3.8, 4) is 0 Å². The topological polar surface area (TPSA) is 193 Å². The molecular formula is C28H45N5O10. The number of aliphatic hydroxyl groups is 1. The second-order valence-corrected chi connectivity index (χ2v) is 10.2. The van der Waals surface area contributed by atoms with Gasteiger partial charge < -0.3 is 35.2 Å². The first kappa shape index (κ1) is 36.0. The molecule has 0 radical (unpaired) electrons. The number of hydrogen-bond acceptors (Lipinski definition) is 11. The minimum Gasteiger partial charge on any atom is -0.480 e. The molecule has 0 spiro atoms. The average Bonchev–Trinajstić information content (AvgIpc) is 2.95. The van der Waals surface area contributed by atoms with Crippen LogP contribution in [0, 0.1) is 0 Å². The van der Waals surface area contributed by atoms with Crippen LogP contribution < -0.4 is 5.32 Å². The molecule has 1 fully saturated rings. The lowest BCUT2D eigenvalue weighted by Gasteiger charge is -2.36. The molecular weight excluding hydrogens is 566 g/mol. The SMILES string of the molecule is O=C(O)CN1CCN(CC(=O)O)CCN(C(COCc2ccccc2)C(=O)NCCOCCO)CCN(CC(=O)O)CC1. The Morgan fingerprint density at radius 1 is 0.721 bits per heavy atom. The van der Waals surface area contributed by atoms with E-state index in [9.17, 15) is 34.5 Å². The molecule has 15 heteroatoms. The minimum absolute atomic E-state index is 0.0302. The summed E-state index contributed by atoms with van der Waals surface area (Å²) in [5.41, 5.74) is 0.930. The summed E-state index contributed by atoms with van der Waals surface area (Å²) < 4.78 is 11.2. The van der Waals surface area contributed by atoms with Crippen LogP contribution in [0.3, 0.4) is 0 Å². The minimum atomic E-state index is -1.03. The second kappa shape index (κ2) is 20.7. The van der Waals surface area contributed by atoms with Crippen LogP contribution in [0.2, 0.25) is 0 Å². The number of nitrogens with one attached hydrogen (secondary N) is 1. The van der Waals surface area contributed by atoms with E-state index in [0.29, 0.717) is 0 Å². The molecule has 0 bridgehead atoms. The molecule has 0 aliphatic carbocycles. The second-order valence-electron chi connectivity index (χ2n) is 10.2. The van der Waals surface area contributed by atoms with E-state index in [1.54, 1.807) is 14.7 Å². The predicted molar refractivity (Wildman–Crippen MR) is 155 cm³/mol. The Labute approximate surface area is 251 Å². The molecule has 242 valence electrons. The van der Waals surface area contributed by atoms with Gasteiger partial charge in [-0.2, -0.15) is 0 Å². The molecule has 1 unspecified atom stereocenters. The summed E-state index contributed by atoms with van der Waals surface area (Å²) in [4.78, 5) is 55.0. The monoisotopic (exact) mass is 611 g/mol. The zero-order chi connectivity index (χ0) is 31.5. The van der Waals surface area contributed by atoms with Gasteiger partial charge >= 0.3 is 17.9 Å². The van der Waals surface area contributed by atoms with Crippen molar-refractivity contribution < 1.29 is 49.1 Å². The van der Waals surface area contributed by atoms with Crippen molar-refractivity contribution in [2.75, 3.05) is 105 Å². The van der Waals surface area contributed by atoms with E-state index in [1.165, 1.54) is 0 Å². The maximum Gasteiger partial charge on any atom is 0.317 e. The number of benzene rings is 1. The van der Waals surface area contributed by atoms with E-state index >= 15 is 0 Å². The normalized spacial score (nSPS) is 17.4. The van der Waals surface area contributed by atoms with Crippen LogP contribution in [-0.2, 0) is 35.3 Å². The first-order valence-corrected chi connectivity index (χ1v) is 14.3. The lowest BCUT2D eigenvalue weighted by atomic mass is 10.2. The first-order valence-electron chi connectivity index (χ1n) is 14.3. The fraction of sp³-hybridized carbons (Fsp3) is 0.643. The predicted octanol–water partition coefficient (Wildman–Crippen LogP) is -1.83. The smallest absolute Gasteiger partial charge is 0.317 e. The zero-order valence-corrected chi connectivity index (χ0v) is 24.5. The van der Waals surface area contributed by atoms with E-state index < -0.39 is 23.9 Å². The van der Waals surface area contributed by atoms with Crippen molar-refractivity contribution >= 4 is 23.8 Å². The molecule has 1 amide bonds. The molecule has 15 nitrogen and oxygen atoms in total. The Kier molecular flexibility index (Phi) is 17.3. The van der Waals surface area contributed by atoms with Gasteiger partial charge in [-0.25, -0.2) is 0 Å². The number of carbonyl (C=O) groups excluding carboxylic acids is 1. The highest BCUT2D eigenvalue weighted by molar-refractivity contribution is 5.82. The van der Waals surface area contributed by atoms with Gasteiger partial charge in [0, 0.05) is 58.9 Å². The van der Waals surface area contributed by atoms with Gasteiger partial charge in [0.2, 0.25) is 5.91 Å². The number of aliphatic hydroxyl groups excluding tert-OH is 1. The molecule has 1 atom stereocenters. The van der Waals surface area contributed by atoms with Crippen molar-refractivity contribution in [2.24, 2.45) is 0 Å². The van der Waals surface area contributed by atoms with Gasteiger partial charge in [-0.15, -0.1) is 0 Å². The van der Waals surface area contributed by atoms with Crippen molar-refractivity contribution in [1.82, 2.24) is 24.9 Å². The van der Waals surface area contributed by atoms with Gasteiger partial charge in [-0.3, -0.25) is 38.8 Å². The van der Waals surface area contributed by atoms with Crippen LogP contribution in [0.15, 0.2) is 30.3 Å². The lowest BCUT2D eigenvalue weighted by Crippen LogP contribution is -2.55. The number of carboxylic acid groups (broad SMARTS) is 3. The third kappa shape index (κ3) is 15.7. The Morgan fingerprint density at radius 3 is 1.67 bits per heavy atom. The summed E-state index contributed by atoms with van der Waals surface area (Å²) in [6, 6.07) is 8.71. The highest BCUT2D eigenvalue weighted by Crippen LogP contribution is 2.09. The summed E-state index contributed by atoms with van der Waals surface area (Å²) in [6.07, 6.45) is 0. The molecule has 1 saturated heterocycles. The largest absolute Gasteiger partial charge is 0.480 e. The van der Waals surface area contributed by atoms with Gasteiger partial charge in [-0.1, -0.05) is 30.3 Å². The van der Waals surface area contributed by atoms with Crippen LogP contribution in [0.5, 0.6) is 0 Å². The molecule has 43 heavy (non-hydrogen) atoms. The quantitative estimate of drug-likeness (QED) is 0.124. The molecule has 0 saturated carbocycles. The molecule has 1 aromatic carbocycles. The van der Waals surface area contributed by atoms with E-state index in [2.05, 4.69) is 5.32 Å². The van der Waals surface area contributed by atoms with Gasteiger partial charge in [0.25, 0.3) is 0 Å². The van der Waals surface area contributed by atoms with Crippen LogP contribution in [0.4, 0.5) is 0 Å². The number of hydrogen-bond donors (Lipinski definition) is 5. The fourth-order valence-corrected chi connectivity index (χ4v) is 4.65. The number of carbonyl (C=O) groups is 4. The number of nitrogens with zero attached hydrogens (tertiary/aromatic N) is 4. The van der Waals surface area contributed by atoms with Crippen molar-refractivity contribution in [3.63, 3.8) is 0 Å². The van der Waals surface area contributed by atoms with Gasteiger partial charge in [0.15, 0.2) is 0 Å². The van der Waals surface area contributed by atoms with Crippen LogP contribution in [-0.4, -0.2) is 175 Å². The summed E-state index contributed by atoms with van der Waals surface area (Å²) in [6.45, 7) is 2.15. The van der Waals surface area contributed by atoms with E-state index in [0.717, 1.165) is 5.56 Å². The highest BCUT2D eigenvalue weighted by atomic mass is 16.5. The maximum absolute atomic E-state index is 13.4. The van der Waals surface area contributed by atoms with Gasteiger partial charge in [-0.05, 0) is 5.56 Å². The Hall–Kier alpha value is -3.18. The molecule has 1 aromatic rings. The van der Waals surface area contributed by atoms with Crippen molar-refractivity contribution in [1.29, 1.82) is 0 Å². The summed E-state index contributed by atoms with van der Waals surface area (Å²) in [5, 5.41) is 40.1. The Bertz CT molecular complexity index is 954. The average molecular weight is 612 g/mol. The maximum atomic E-state index is 13.4. The summed E-state index contributed by atoms with van der Waals surface area (Å²) >= 11 is 0. The van der Waals surface area contributed by atoms with E-state index in [-0.39, 0.29) is 117 Å². The molecule has 1 heterocycles. The zero-order valence-electron chi connectivity index (χ0n) is 24.5. The Balaban J connectivity index is 2.26. The standard InChI is InChI=1S/C28H45N5O10/c34-15-17-42-16-6-29-28(41)24(22-43-21-23-4-2-1-3-5-23)33-13-11-31(19-26(37)38)9-7-30(18-25(35)36)8-10-32(12-14-33)20-27(39)40/h1-5,24,34H,6-22H2,(H,29,41)(H,35,36)(H,37,38)(H,39,40). The lowest BCUT2D eigenvalue weighted by molar-refractivity contribution is -0.141.